The number of carboxylic acids is 1. The molecule has 468 valence electrons. The molecule has 0 aliphatic rings. The van der Waals surface area contributed by atoms with Gasteiger partial charge in [0.2, 0.25) is 41.4 Å². The smallest absolute Gasteiger partial charge is 0.328 e. The normalized spacial score (nSPS) is 13.7. The van der Waals surface area contributed by atoms with Gasteiger partial charge in [-0.3, -0.25) is 43.2 Å². The van der Waals surface area contributed by atoms with E-state index >= 15 is 0 Å². The van der Waals surface area contributed by atoms with Gasteiger partial charge >= 0.3 is 17.9 Å². The lowest BCUT2D eigenvalue weighted by Gasteiger charge is -2.26. The highest BCUT2D eigenvalue weighted by atomic mass is 32.2. The summed E-state index contributed by atoms with van der Waals surface area (Å²) in [5.74, 6) is -8.46. The molecule has 0 spiro atoms. The van der Waals surface area contributed by atoms with Gasteiger partial charge in [-0.25, -0.2) is 4.79 Å². The number of carbonyl (C=O) groups excluding carboxylic acids is 9. The van der Waals surface area contributed by atoms with Gasteiger partial charge < -0.3 is 68.2 Å². The van der Waals surface area contributed by atoms with Gasteiger partial charge in [-0.2, -0.15) is 11.8 Å². The second-order valence-electron chi connectivity index (χ2n) is 21.1. The molecule has 0 aliphatic heterocycles. The van der Waals surface area contributed by atoms with Crippen molar-refractivity contribution < 1.29 is 72.7 Å². The van der Waals surface area contributed by atoms with Crippen LogP contribution in [0.2, 0.25) is 0 Å². The van der Waals surface area contributed by atoms with Crippen LogP contribution in [0.4, 0.5) is 0 Å². The highest BCUT2D eigenvalue weighted by Crippen LogP contribution is 2.17. The van der Waals surface area contributed by atoms with Gasteiger partial charge in [0.25, 0.3) is 0 Å². The van der Waals surface area contributed by atoms with Crippen LogP contribution < -0.4 is 43.4 Å². The fraction of sp³-hybridized carbons (Fsp3) is 0.825. The summed E-state index contributed by atoms with van der Waals surface area (Å²) >= 11 is 1.22. The number of carboxylic acid groups (broad SMARTS) is 1. The molecule has 0 unspecified atom stereocenters. The summed E-state index contributed by atoms with van der Waals surface area (Å²) in [6.07, 6.45) is 26.5. The summed E-state index contributed by atoms with van der Waals surface area (Å²) < 4.78 is 11.3. The largest absolute Gasteiger partial charge is 0.480 e. The molecule has 0 saturated heterocycles. The number of hydrogen-bond acceptors (Lipinski definition) is 16. The third-order valence-corrected chi connectivity index (χ3v) is 14.6. The number of rotatable bonds is 53. The molecule has 13 N–H and O–H groups in total. The van der Waals surface area contributed by atoms with Crippen molar-refractivity contribution in [1.29, 1.82) is 0 Å². The number of amides is 7. The van der Waals surface area contributed by atoms with Crippen molar-refractivity contribution in [3.8, 4) is 0 Å². The van der Waals surface area contributed by atoms with Crippen LogP contribution >= 0.6 is 11.8 Å². The highest BCUT2D eigenvalue weighted by molar-refractivity contribution is 7.99. The number of esters is 2. The Morgan fingerprint density at radius 1 is 0.481 bits per heavy atom. The number of aliphatic carboxylic acids is 1. The molecule has 0 bridgehead atoms. The summed E-state index contributed by atoms with van der Waals surface area (Å²) in [6, 6.07) is -6.17. The number of nitrogens with two attached hydrogens (primary N) is 2. The topological polar surface area (TPSA) is 374 Å². The fourth-order valence-corrected chi connectivity index (χ4v) is 9.44. The first kappa shape index (κ1) is 75.9. The van der Waals surface area contributed by atoms with Crippen LogP contribution in [0.1, 0.15) is 220 Å². The maximum atomic E-state index is 13.1. The predicted octanol–water partition coefficient (Wildman–Crippen LogP) is 4.38. The Morgan fingerprint density at radius 3 is 1.32 bits per heavy atom. The summed E-state index contributed by atoms with van der Waals surface area (Å²) in [6.45, 7) is 4.61. The molecular weight excluding hydrogens is 1070 g/mol. The van der Waals surface area contributed by atoms with E-state index in [1.54, 1.807) is 0 Å². The zero-order chi connectivity index (χ0) is 60.6. The van der Waals surface area contributed by atoms with E-state index in [2.05, 4.69) is 40.4 Å². The van der Waals surface area contributed by atoms with Crippen molar-refractivity contribution >= 4 is 71.0 Å². The molecule has 0 radical (unpaired) electrons. The Balaban J connectivity index is 5.04. The zero-order valence-electron chi connectivity index (χ0n) is 49.3. The number of unbranched alkanes of at least 4 members (excludes halogenated alkanes) is 24. The van der Waals surface area contributed by atoms with Crippen molar-refractivity contribution in [2.45, 2.75) is 263 Å². The second-order valence-corrected chi connectivity index (χ2v) is 22.2. The van der Waals surface area contributed by atoms with Crippen LogP contribution in [0.5, 0.6) is 0 Å². The summed E-state index contributed by atoms with van der Waals surface area (Å²) in [5.41, 5.74) is 11.3. The minimum atomic E-state index is -1.79. The Kier molecular flexibility index (Phi) is 46.4. The molecular formula is C57H104N8O15S. The van der Waals surface area contributed by atoms with Gasteiger partial charge in [-0.05, 0) is 33.1 Å². The Labute approximate surface area is 486 Å². The maximum absolute atomic E-state index is 13.1. The van der Waals surface area contributed by atoms with Gasteiger partial charge in [0.1, 0.15) is 24.8 Å². The number of aliphatic hydroxyl groups is 2. The third kappa shape index (κ3) is 43.3. The van der Waals surface area contributed by atoms with E-state index in [1.807, 2.05) is 5.32 Å². The second kappa shape index (κ2) is 49.5. The molecule has 0 fully saturated rings. The van der Waals surface area contributed by atoms with E-state index in [0.29, 0.717) is 12.8 Å². The third-order valence-electron chi connectivity index (χ3n) is 13.4. The summed E-state index contributed by atoms with van der Waals surface area (Å²) in [5, 5.41) is 42.5. The standard InChI is InChI=1S/C57H104N8O15S/c1-5-7-9-11-13-15-17-19-21-23-25-27-29-31-50(72)79-38-43(80-51(73)32-30-28-26-24-22-20-18-16-14-12-10-8-6-2)39-81-40-44(58)54(74)62-36-48(70)60-35-47(69)61-37-49(71)63-45(33-34-46(59)68)55(75)64-52(41(3)66)56(76)65-53(42(4)67)57(77)78/h41-45,52-53,66-67H,5-40,58H2,1-4H3,(H2,59,68)(H,60,70)(H,61,69)(H,62,74)(H,63,71)(H,64,75)(H,65,76)(H,77,78)/t41-,42-,43+,44+,45+,52+,53+/m1/s1. The quantitative estimate of drug-likeness (QED) is 0.0297. The summed E-state index contributed by atoms with van der Waals surface area (Å²) in [4.78, 5) is 125. The lowest BCUT2D eigenvalue weighted by Crippen LogP contribution is -2.60. The number of aliphatic hydroxyl groups excluding tert-OH is 2. The molecule has 0 aromatic heterocycles. The maximum Gasteiger partial charge on any atom is 0.328 e. The minimum Gasteiger partial charge on any atom is -0.480 e. The van der Waals surface area contributed by atoms with Gasteiger partial charge in [0.15, 0.2) is 6.04 Å². The number of thioether (sulfide) groups is 1. The van der Waals surface area contributed by atoms with E-state index < -0.39 is 122 Å². The SMILES string of the molecule is CCCCCCCCCCCCCCCC(=O)OC[C@@H](CSC[C@H](N)C(=O)NCC(=O)NCC(=O)NCC(=O)N[C@@H](CCC(N)=O)C(=O)N[C@H](C(=O)N[C@H](C(=O)O)[C@@H](C)O)[C@@H](C)O)OC(=O)CCCCCCCCCCCCCCC. The molecule has 0 aromatic carbocycles. The molecule has 0 heterocycles. The molecule has 23 nitrogen and oxygen atoms in total. The van der Waals surface area contributed by atoms with Crippen molar-refractivity contribution in [3.63, 3.8) is 0 Å². The molecule has 81 heavy (non-hydrogen) atoms. The Morgan fingerprint density at radius 2 is 0.889 bits per heavy atom. The molecule has 0 aromatic rings. The minimum absolute atomic E-state index is 0.0659. The van der Waals surface area contributed by atoms with Crippen molar-refractivity contribution in [3.05, 3.63) is 0 Å². The first-order valence-corrected chi connectivity index (χ1v) is 31.1. The van der Waals surface area contributed by atoms with Crippen LogP contribution in [0.3, 0.4) is 0 Å². The van der Waals surface area contributed by atoms with Crippen molar-refractivity contribution in [2.24, 2.45) is 11.5 Å². The van der Waals surface area contributed by atoms with Crippen molar-refractivity contribution in [2.75, 3.05) is 37.7 Å². The van der Waals surface area contributed by atoms with Crippen LogP contribution in [-0.4, -0.2) is 155 Å². The first-order valence-electron chi connectivity index (χ1n) is 30.0. The predicted molar refractivity (Wildman–Crippen MR) is 311 cm³/mol. The zero-order valence-corrected chi connectivity index (χ0v) is 50.1. The average molecular weight is 1170 g/mol. The van der Waals surface area contributed by atoms with E-state index in [9.17, 15) is 63.3 Å². The molecule has 7 amide bonds. The van der Waals surface area contributed by atoms with Gasteiger partial charge in [0, 0.05) is 30.8 Å². The Bertz CT molecular complexity index is 1810. The molecule has 24 heteroatoms. The van der Waals surface area contributed by atoms with Crippen LogP contribution in [0.15, 0.2) is 0 Å². The fourth-order valence-electron chi connectivity index (χ4n) is 8.47. The van der Waals surface area contributed by atoms with Gasteiger partial charge in [-0.15, -0.1) is 0 Å². The first-order chi connectivity index (χ1) is 38.7. The molecule has 0 aliphatic carbocycles. The monoisotopic (exact) mass is 1170 g/mol. The number of ether oxygens (including phenoxy) is 2. The van der Waals surface area contributed by atoms with Gasteiger partial charge in [0.05, 0.1) is 37.9 Å². The van der Waals surface area contributed by atoms with Crippen LogP contribution in [0, 0.1) is 0 Å². The van der Waals surface area contributed by atoms with Crippen molar-refractivity contribution in [1.82, 2.24) is 31.9 Å². The van der Waals surface area contributed by atoms with E-state index in [4.69, 9.17) is 20.9 Å². The van der Waals surface area contributed by atoms with Crippen LogP contribution in [0.25, 0.3) is 0 Å². The number of hydrogen-bond donors (Lipinski definition) is 11. The lowest BCUT2D eigenvalue weighted by atomic mass is 10.0. The molecule has 0 saturated carbocycles. The molecule has 7 atom stereocenters. The Hall–Kier alpha value is -5.07. The van der Waals surface area contributed by atoms with E-state index in [1.165, 1.54) is 127 Å². The number of primary amides is 1. The number of carbonyl (C=O) groups is 10. The average Bonchev–Trinajstić information content (AvgIpc) is 3.42. The highest BCUT2D eigenvalue weighted by Gasteiger charge is 2.34. The van der Waals surface area contributed by atoms with Crippen LogP contribution in [-0.2, 0) is 57.4 Å². The van der Waals surface area contributed by atoms with E-state index in [-0.39, 0.29) is 43.3 Å². The molecule has 0 rings (SSSR count). The van der Waals surface area contributed by atoms with Gasteiger partial charge in [-0.1, -0.05) is 168 Å². The van der Waals surface area contributed by atoms with E-state index in [0.717, 1.165) is 52.4 Å². The summed E-state index contributed by atoms with van der Waals surface area (Å²) in [7, 11) is 0. The lowest BCUT2D eigenvalue weighted by molar-refractivity contribution is -0.157. The number of nitrogens with one attached hydrogen (secondary N) is 6.